The van der Waals surface area contributed by atoms with Gasteiger partial charge >= 0.3 is 0 Å². The normalized spacial score (nSPS) is 15.2. The Morgan fingerprint density at radius 2 is 1.81 bits per heavy atom. The van der Waals surface area contributed by atoms with Gasteiger partial charge in [0.25, 0.3) is 5.91 Å². The van der Waals surface area contributed by atoms with Gasteiger partial charge < -0.3 is 20.4 Å². The van der Waals surface area contributed by atoms with Crippen LogP contribution in [0.25, 0.3) is 10.9 Å². The summed E-state index contributed by atoms with van der Waals surface area (Å²) in [6.45, 7) is 0.586. The third-order valence-electron chi connectivity index (χ3n) is 5.83. The summed E-state index contributed by atoms with van der Waals surface area (Å²) < 4.78 is 7.63. The average molecular weight is 425 g/mol. The monoisotopic (exact) mass is 425 g/mol. The number of nitrogens with one attached hydrogen (secondary N) is 1. The molecule has 0 unspecified atom stereocenters. The Balaban J connectivity index is 1.56. The third kappa shape index (κ3) is 3.83. The molecule has 0 bridgehead atoms. The van der Waals surface area contributed by atoms with Crippen LogP contribution in [0.4, 0.5) is 5.69 Å². The fourth-order valence-corrected chi connectivity index (χ4v) is 4.41. The lowest BCUT2D eigenvalue weighted by atomic mass is 9.88. The Kier molecular flexibility index (Phi) is 5.11. The maximum Gasteiger partial charge on any atom is 0.255 e. The molecule has 160 valence electrons. The lowest BCUT2D eigenvalue weighted by Crippen LogP contribution is -2.20. The lowest BCUT2D eigenvalue weighted by Gasteiger charge is -2.15. The highest BCUT2D eigenvalue weighted by molar-refractivity contribution is 6.06. The van der Waals surface area contributed by atoms with Crippen LogP contribution in [0, 0.1) is 0 Å². The first-order valence-electron chi connectivity index (χ1n) is 10.5. The maximum absolute atomic E-state index is 12.7. The van der Waals surface area contributed by atoms with Gasteiger partial charge in [-0.15, -0.1) is 0 Å². The maximum atomic E-state index is 12.7. The van der Waals surface area contributed by atoms with Crippen molar-refractivity contribution in [1.29, 1.82) is 0 Å². The molecule has 0 radical (unpaired) electrons. The highest BCUT2D eigenvalue weighted by Crippen LogP contribution is 2.41. The summed E-state index contributed by atoms with van der Waals surface area (Å²) in [5.74, 6) is -0.0585. The summed E-state index contributed by atoms with van der Waals surface area (Å²) in [5, 5.41) is 4.16. The predicted octanol–water partition coefficient (Wildman–Crippen LogP) is 4.03. The molecule has 4 aromatic rings. The molecule has 32 heavy (non-hydrogen) atoms. The summed E-state index contributed by atoms with van der Waals surface area (Å²) in [7, 11) is 0. The first kappa shape index (κ1) is 19.9. The summed E-state index contributed by atoms with van der Waals surface area (Å²) in [6.07, 6.45) is 2.52. The van der Waals surface area contributed by atoms with E-state index in [0.717, 1.165) is 34.3 Å². The summed E-state index contributed by atoms with van der Waals surface area (Å²) >= 11 is 0. The van der Waals surface area contributed by atoms with E-state index in [4.69, 9.17) is 10.5 Å². The number of aromatic nitrogens is 1. The van der Waals surface area contributed by atoms with Crippen LogP contribution < -0.4 is 15.8 Å². The predicted molar refractivity (Wildman–Crippen MR) is 124 cm³/mol. The zero-order chi connectivity index (χ0) is 22.1. The minimum atomic E-state index is -0.520. The van der Waals surface area contributed by atoms with E-state index in [9.17, 15) is 9.59 Å². The minimum absolute atomic E-state index is 0.0117. The molecular weight excluding hydrogens is 402 g/mol. The lowest BCUT2D eigenvalue weighted by molar-refractivity contribution is -0.120. The fraction of sp³-hybridized carbons (Fsp3) is 0.154. The second kappa shape index (κ2) is 8.23. The van der Waals surface area contributed by atoms with Crippen molar-refractivity contribution >= 4 is 28.4 Å². The first-order chi connectivity index (χ1) is 15.6. The second-order valence-corrected chi connectivity index (χ2v) is 8.03. The number of nitrogens with two attached hydrogens (primary N) is 1. The zero-order valence-corrected chi connectivity index (χ0v) is 17.5. The van der Waals surface area contributed by atoms with Crippen molar-refractivity contribution < 1.29 is 14.3 Å². The van der Waals surface area contributed by atoms with E-state index in [1.165, 1.54) is 5.56 Å². The molecule has 1 aliphatic rings. The van der Waals surface area contributed by atoms with Crippen molar-refractivity contribution in [2.75, 3.05) is 11.9 Å². The standard InChI is InChI=1S/C26H23N3O3/c27-24(30)16-32-19-11-9-18(10-12-19)20-13-25(31)28-22-7-4-8-23-26(22)21(20)15-29(23)14-17-5-2-1-3-6-17/h1-12,15,20H,13-14,16H2,(H2,27,30)(H,28,31)/t20-/m0/s1. The number of hydrogen-bond acceptors (Lipinski definition) is 3. The van der Waals surface area contributed by atoms with Crippen molar-refractivity contribution in [3.63, 3.8) is 0 Å². The van der Waals surface area contributed by atoms with Crippen LogP contribution in [-0.4, -0.2) is 23.0 Å². The fourth-order valence-electron chi connectivity index (χ4n) is 4.41. The van der Waals surface area contributed by atoms with E-state index in [0.29, 0.717) is 12.2 Å². The van der Waals surface area contributed by atoms with Crippen LogP contribution in [0.3, 0.4) is 0 Å². The number of hydrogen-bond donors (Lipinski definition) is 2. The number of ether oxygens (including phenoxy) is 1. The molecule has 0 spiro atoms. The van der Waals surface area contributed by atoms with Gasteiger partial charge in [-0.2, -0.15) is 0 Å². The molecular formula is C26H23N3O3. The van der Waals surface area contributed by atoms with E-state index >= 15 is 0 Å². The van der Waals surface area contributed by atoms with Crippen LogP contribution in [0.15, 0.2) is 79.0 Å². The Morgan fingerprint density at radius 3 is 2.56 bits per heavy atom. The second-order valence-electron chi connectivity index (χ2n) is 8.03. The zero-order valence-electron chi connectivity index (χ0n) is 17.5. The number of primary amides is 1. The molecule has 0 aliphatic carbocycles. The van der Waals surface area contributed by atoms with Crippen molar-refractivity contribution in [3.8, 4) is 5.75 Å². The van der Waals surface area contributed by atoms with Gasteiger partial charge in [-0.3, -0.25) is 9.59 Å². The number of rotatable bonds is 6. The van der Waals surface area contributed by atoms with Crippen LogP contribution in [0.5, 0.6) is 5.75 Å². The average Bonchev–Trinajstić information content (AvgIpc) is 3.09. The molecule has 0 fully saturated rings. The van der Waals surface area contributed by atoms with Crippen molar-refractivity contribution in [2.24, 2.45) is 5.73 Å². The van der Waals surface area contributed by atoms with Gasteiger partial charge in [-0.05, 0) is 41.0 Å². The molecule has 3 aromatic carbocycles. The van der Waals surface area contributed by atoms with Gasteiger partial charge in [0.05, 0.1) is 11.2 Å². The summed E-state index contributed by atoms with van der Waals surface area (Å²) in [6, 6.07) is 23.9. The number of benzene rings is 3. The van der Waals surface area contributed by atoms with E-state index in [1.807, 2.05) is 54.6 Å². The molecule has 1 aliphatic heterocycles. The molecule has 2 amide bonds. The first-order valence-corrected chi connectivity index (χ1v) is 10.5. The molecule has 2 heterocycles. The van der Waals surface area contributed by atoms with Crippen LogP contribution in [0.1, 0.15) is 29.0 Å². The van der Waals surface area contributed by atoms with Gasteiger partial charge in [0.2, 0.25) is 5.91 Å². The number of nitrogens with zero attached hydrogens (tertiary/aromatic N) is 1. The van der Waals surface area contributed by atoms with Crippen molar-refractivity contribution in [2.45, 2.75) is 18.9 Å². The Hall–Kier alpha value is -4.06. The van der Waals surface area contributed by atoms with Crippen molar-refractivity contribution in [3.05, 3.63) is 95.7 Å². The number of carbonyl (C=O) groups is 2. The largest absolute Gasteiger partial charge is 0.484 e. The Labute approximate surface area is 185 Å². The number of carbonyl (C=O) groups excluding carboxylic acids is 2. The van der Waals surface area contributed by atoms with Gasteiger partial charge in [-0.25, -0.2) is 0 Å². The molecule has 6 nitrogen and oxygen atoms in total. The van der Waals surface area contributed by atoms with E-state index in [2.05, 4.69) is 34.3 Å². The van der Waals surface area contributed by atoms with E-state index in [1.54, 1.807) is 0 Å². The molecule has 0 saturated carbocycles. The molecule has 1 atom stereocenters. The quantitative estimate of drug-likeness (QED) is 0.489. The third-order valence-corrected chi connectivity index (χ3v) is 5.83. The highest BCUT2D eigenvalue weighted by Gasteiger charge is 2.27. The SMILES string of the molecule is NC(=O)COc1ccc([C@@H]2CC(=O)Nc3cccc4c3c2cn4Cc2ccccc2)cc1. The summed E-state index contributed by atoms with van der Waals surface area (Å²) in [5.41, 5.74) is 10.4. The molecule has 3 N–H and O–H groups in total. The molecule has 1 aromatic heterocycles. The van der Waals surface area contributed by atoms with Gasteiger partial charge in [0, 0.05) is 30.5 Å². The topological polar surface area (TPSA) is 86.4 Å². The highest BCUT2D eigenvalue weighted by atomic mass is 16.5. The molecule has 5 rings (SSSR count). The Morgan fingerprint density at radius 1 is 1.03 bits per heavy atom. The smallest absolute Gasteiger partial charge is 0.255 e. The van der Waals surface area contributed by atoms with Crippen LogP contribution >= 0.6 is 0 Å². The van der Waals surface area contributed by atoms with Crippen molar-refractivity contribution in [1.82, 2.24) is 4.57 Å². The van der Waals surface area contributed by atoms with Crippen LogP contribution in [0.2, 0.25) is 0 Å². The summed E-state index contributed by atoms with van der Waals surface area (Å²) in [4.78, 5) is 23.7. The van der Waals surface area contributed by atoms with Gasteiger partial charge in [0.15, 0.2) is 6.61 Å². The van der Waals surface area contributed by atoms with Crippen LogP contribution in [-0.2, 0) is 16.1 Å². The Bertz CT molecular complexity index is 1290. The van der Waals surface area contributed by atoms with Gasteiger partial charge in [0.1, 0.15) is 5.75 Å². The molecule has 6 heteroatoms. The van der Waals surface area contributed by atoms with E-state index in [-0.39, 0.29) is 18.4 Å². The van der Waals surface area contributed by atoms with Gasteiger partial charge in [-0.1, -0.05) is 48.5 Å². The number of anilines is 1. The minimum Gasteiger partial charge on any atom is -0.484 e. The number of amides is 2. The molecule has 0 saturated heterocycles. The van der Waals surface area contributed by atoms with E-state index < -0.39 is 5.91 Å².